The van der Waals surface area contributed by atoms with Crippen LogP contribution in [0.3, 0.4) is 0 Å². The standard InChI is InChI=1S/C36H44N2O5/c1-35(2,3)43-34(40)37-23-26-10-9-12-28(18-26)30-19-27(24-42-32-13-6-5-11-29(32)22-33(39)41-4)20-31(21-30)38-17-16-36(25-38)14-7-8-15-36/h5-6,9-13,18-21H,7-8,14-17,22-25H2,1-4H3,(H,37,40). The van der Waals surface area contributed by atoms with E-state index in [0.29, 0.717) is 24.3 Å². The molecule has 1 N–H and O–H groups in total. The Morgan fingerprint density at radius 2 is 1.67 bits per heavy atom. The van der Waals surface area contributed by atoms with Crippen LogP contribution < -0.4 is 15.0 Å². The predicted molar refractivity (Wildman–Crippen MR) is 169 cm³/mol. The highest BCUT2D eigenvalue weighted by Crippen LogP contribution is 2.46. The smallest absolute Gasteiger partial charge is 0.407 e. The molecule has 1 amide bonds. The molecular formula is C36H44N2O5. The van der Waals surface area contributed by atoms with E-state index in [9.17, 15) is 9.59 Å². The number of para-hydroxylation sites is 1. The van der Waals surface area contributed by atoms with Gasteiger partial charge in [-0.3, -0.25) is 4.79 Å². The molecule has 0 unspecified atom stereocenters. The Hall–Kier alpha value is -4.00. The van der Waals surface area contributed by atoms with Gasteiger partial charge < -0.3 is 24.4 Å². The minimum Gasteiger partial charge on any atom is -0.489 e. The summed E-state index contributed by atoms with van der Waals surface area (Å²) < 4.78 is 16.6. The third-order valence-electron chi connectivity index (χ3n) is 8.47. The highest BCUT2D eigenvalue weighted by Gasteiger charge is 2.40. The molecule has 0 atom stereocenters. The SMILES string of the molecule is COC(=O)Cc1ccccc1OCc1cc(-c2cccc(CNC(=O)OC(C)(C)C)c2)cc(N2CCC3(CCCC3)C2)c1. The summed E-state index contributed by atoms with van der Waals surface area (Å²) in [4.78, 5) is 26.7. The molecule has 228 valence electrons. The molecule has 2 aliphatic rings. The highest BCUT2D eigenvalue weighted by atomic mass is 16.6. The fourth-order valence-corrected chi connectivity index (χ4v) is 6.32. The maximum Gasteiger partial charge on any atom is 0.407 e. The molecule has 7 nitrogen and oxygen atoms in total. The van der Waals surface area contributed by atoms with E-state index in [2.05, 4.69) is 40.5 Å². The number of benzene rings is 3. The second kappa shape index (κ2) is 13.1. The zero-order chi connectivity index (χ0) is 30.5. The molecule has 1 aliphatic carbocycles. The number of hydrogen-bond donors (Lipinski definition) is 1. The first-order valence-electron chi connectivity index (χ1n) is 15.3. The van der Waals surface area contributed by atoms with E-state index in [4.69, 9.17) is 14.2 Å². The monoisotopic (exact) mass is 584 g/mol. The molecule has 0 radical (unpaired) electrons. The Kier molecular flexibility index (Phi) is 9.28. The van der Waals surface area contributed by atoms with Gasteiger partial charge >= 0.3 is 12.1 Å². The maximum absolute atomic E-state index is 12.2. The number of esters is 1. The molecule has 5 rings (SSSR count). The highest BCUT2D eigenvalue weighted by molar-refractivity contribution is 5.73. The first-order chi connectivity index (χ1) is 20.6. The number of nitrogens with zero attached hydrogens (tertiary/aromatic N) is 1. The van der Waals surface area contributed by atoms with Crippen LogP contribution in [-0.2, 0) is 33.8 Å². The lowest BCUT2D eigenvalue weighted by molar-refractivity contribution is -0.139. The van der Waals surface area contributed by atoms with Gasteiger partial charge in [-0.1, -0.05) is 49.2 Å². The summed E-state index contributed by atoms with van der Waals surface area (Å²) >= 11 is 0. The summed E-state index contributed by atoms with van der Waals surface area (Å²) in [5.74, 6) is 0.386. The Labute approximate surface area is 255 Å². The third kappa shape index (κ3) is 8.09. The van der Waals surface area contributed by atoms with E-state index in [-0.39, 0.29) is 12.4 Å². The summed E-state index contributed by atoms with van der Waals surface area (Å²) in [7, 11) is 1.40. The lowest BCUT2D eigenvalue weighted by Gasteiger charge is -2.25. The first-order valence-corrected chi connectivity index (χ1v) is 15.3. The fraction of sp³-hybridized carbons (Fsp3) is 0.444. The molecule has 1 saturated heterocycles. The number of hydrogen-bond acceptors (Lipinski definition) is 6. The topological polar surface area (TPSA) is 77.1 Å². The maximum atomic E-state index is 12.2. The first kappa shape index (κ1) is 30.5. The van der Waals surface area contributed by atoms with E-state index in [0.717, 1.165) is 40.9 Å². The Morgan fingerprint density at radius 1 is 0.907 bits per heavy atom. The third-order valence-corrected chi connectivity index (χ3v) is 8.47. The van der Waals surface area contributed by atoms with Crippen LogP contribution in [0, 0.1) is 5.41 Å². The van der Waals surface area contributed by atoms with Crippen molar-refractivity contribution < 1.29 is 23.8 Å². The van der Waals surface area contributed by atoms with Gasteiger partial charge in [0.1, 0.15) is 18.0 Å². The molecule has 0 aromatic heterocycles. The zero-order valence-corrected chi connectivity index (χ0v) is 25.9. The minimum atomic E-state index is -0.544. The molecule has 0 bridgehead atoms. The summed E-state index contributed by atoms with van der Waals surface area (Å²) in [6.07, 6.45) is 6.30. The van der Waals surface area contributed by atoms with Gasteiger partial charge in [0.2, 0.25) is 0 Å². The number of nitrogens with one attached hydrogen (secondary N) is 1. The van der Waals surface area contributed by atoms with E-state index >= 15 is 0 Å². The summed E-state index contributed by atoms with van der Waals surface area (Å²) in [6.45, 7) is 8.47. The van der Waals surface area contributed by atoms with E-state index in [1.807, 2.05) is 57.2 Å². The number of anilines is 1. The number of carbonyl (C=O) groups is 2. The number of amides is 1. The van der Waals surface area contributed by atoms with Crippen molar-refractivity contribution in [2.45, 2.75) is 78.0 Å². The van der Waals surface area contributed by atoms with Crippen molar-refractivity contribution in [2.24, 2.45) is 5.41 Å². The fourth-order valence-electron chi connectivity index (χ4n) is 6.32. The van der Waals surface area contributed by atoms with E-state index in [1.54, 1.807) is 0 Å². The van der Waals surface area contributed by atoms with Crippen LogP contribution in [0.5, 0.6) is 5.75 Å². The van der Waals surface area contributed by atoms with Gasteiger partial charge in [0.15, 0.2) is 0 Å². The lowest BCUT2D eigenvalue weighted by atomic mass is 9.86. The van der Waals surface area contributed by atoms with Crippen molar-refractivity contribution in [3.63, 3.8) is 0 Å². The molecular weight excluding hydrogens is 540 g/mol. The molecule has 1 spiro atoms. The number of alkyl carbamates (subject to hydrolysis) is 1. The summed E-state index contributed by atoms with van der Waals surface area (Å²) in [5, 5.41) is 2.87. The van der Waals surface area contributed by atoms with Gasteiger partial charge in [-0.25, -0.2) is 4.79 Å². The Balaban J connectivity index is 1.39. The molecule has 7 heteroatoms. The number of ether oxygens (including phenoxy) is 3. The molecule has 43 heavy (non-hydrogen) atoms. The normalized spacial score (nSPS) is 15.9. The molecule has 3 aromatic carbocycles. The summed E-state index contributed by atoms with van der Waals surface area (Å²) in [5.41, 5.74) is 6.15. The van der Waals surface area contributed by atoms with Crippen molar-refractivity contribution in [3.05, 3.63) is 83.4 Å². The van der Waals surface area contributed by atoms with Crippen LogP contribution in [0.2, 0.25) is 0 Å². The molecule has 1 heterocycles. The van der Waals surface area contributed by atoms with Crippen LogP contribution in [0.25, 0.3) is 11.1 Å². The van der Waals surface area contributed by atoms with E-state index in [1.165, 1.54) is 44.9 Å². The van der Waals surface area contributed by atoms with Crippen LogP contribution in [0.15, 0.2) is 66.7 Å². The Bertz CT molecular complexity index is 1440. The van der Waals surface area contributed by atoms with Crippen LogP contribution in [0.1, 0.15) is 69.6 Å². The molecule has 2 fully saturated rings. The van der Waals surface area contributed by atoms with Crippen LogP contribution in [-0.4, -0.2) is 37.9 Å². The Morgan fingerprint density at radius 3 is 2.44 bits per heavy atom. The lowest BCUT2D eigenvalue weighted by Crippen LogP contribution is -2.32. The minimum absolute atomic E-state index is 0.165. The van der Waals surface area contributed by atoms with E-state index < -0.39 is 11.7 Å². The van der Waals surface area contributed by atoms with Crippen molar-refractivity contribution in [2.75, 3.05) is 25.1 Å². The summed E-state index contributed by atoms with van der Waals surface area (Å²) in [6, 6.07) is 22.6. The van der Waals surface area contributed by atoms with Crippen molar-refractivity contribution in [1.29, 1.82) is 0 Å². The van der Waals surface area contributed by atoms with Gasteiger partial charge in [-0.2, -0.15) is 0 Å². The second-order valence-corrected chi connectivity index (χ2v) is 13.0. The molecule has 1 aliphatic heterocycles. The van der Waals surface area contributed by atoms with Crippen LogP contribution >= 0.6 is 0 Å². The van der Waals surface area contributed by atoms with Gasteiger partial charge in [-0.05, 0) is 98.0 Å². The van der Waals surface area contributed by atoms with Crippen molar-refractivity contribution in [1.82, 2.24) is 5.32 Å². The second-order valence-electron chi connectivity index (χ2n) is 13.0. The molecule has 3 aromatic rings. The largest absolute Gasteiger partial charge is 0.489 e. The molecule has 1 saturated carbocycles. The number of methoxy groups -OCH3 is 1. The van der Waals surface area contributed by atoms with Crippen molar-refractivity contribution in [3.8, 4) is 16.9 Å². The van der Waals surface area contributed by atoms with Gasteiger partial charge in [0.05, 0.1) is 13.5 Å². The average molecular weight is 585 g/mol. The quantitative estimate of drug-likeness (QED) is 0.263. The van der Waals surface area contributed by atoms with Crippen LogP contribution in [0.4, 0.5) is 10.5 Å². The average Bonchev–Trinajstić information content (AvgIpc) is 3.64. The van der Waals surface area contributed by atoms with Crippen molar-refractivity contribution >= 4 is 17.7 Å². The number of rotatable bonds is 9. The van der Waals surface area contributed by atoms with Gasteiger partial charge in [-0.15, -0.1) is 0 Å². The zero-order valence-electron chi connectivity index (χ0n) is 25.9. The van der Waals surface area contributed by atoms with Gasteiger partial charge in [0.25, 0.3) is 0 Å². The number of carbonyl (C=O) groups excluding carboxylic acids is 2. The predicted octanol–water partition coefficient (Wildman–Crippen LogP) is 7.44. The van der Waals surface area contributed by atoms with Gasteiger partial charge in [0, 0.05) is 30.9 Å².